The predicted octanol–water partition coefficient (Wildman–Crippen LogP) is 1.69. The fourth-order valence-corrected chi connectivity index (χ4v) is 1.51. The van der Waals surface area contributed by atoms with E-state index in [1.807, 2.05) is 31.2 Å². The van der Waals surface area contributed by atoms with Gasteiger partial charge in [0.1, 0.15) is 5.54 Å². The number of anilines is 1. The van der Waals surface area contributed by atoms with E-state index in [-0.39, 0.29) is 5.91 Å². The van der Waals surface area contributed by atoms with Gasteiger partial charge in [0.15, 0.2) is 0 Å². The van der Waals surface area contributed by atoms with Gasteiger partial charge in [-0.2, -0.15) is 0 Å². The third-order valence-electron chi connectivity index (χ3n) is 2.82. The molecule has 1 aromatic carbocycles. The van der Waals surface area contributed by atoms with Crippen LogP contribution in [0.1, 0.15) is 18.9 Å². The summed E-state index contributed by atoms with van der Waals surface area (Å²) in [4.78, 5) is 11.5. The molecule has 1 atom stereocenters. The van der Waals surface area contributed by atoms with Crippen LogP contribution in [0.3, 0.4) is 0 Å². The average Bonchev–Trinajstić information content (AvgIpc) is 2.29. The molecule has 0 saturated heterocycles. The van der Waals surface area contributed by atoms with E-state index in [2.05, 4.69) is 5.32 Å². The molecule has 1 rings (SSSR count). The number of carbonyl (C=O) groups is 1. The summed E-state index contributed by atoms with van der Waals surface area (Å²) in [6.45, 7) is 4.29. The maximum absolute atomic E-state index is 11.5. The molecule has 0 aliphatic rings. The second-order valence-corrected chi connectivity index (χ2v) is 4.43. The van der Waals surface area contributed by atoms with E-state index in [0.29, 0.717) is 13.0 Å². The van der Waals surface area contributed by atoms with Crippen molar-refractivity contribution in [1.29, 1.82) is 0 Å². The smallest absolute Gasteiger partial charge is 0.242 e. The first-order chi connectivity index (χ1) is 7.98. The lowest BCUT2D eigenvalue weighted by Crippen LogP contribution is -2.48. The Kier molecular flexibility index (Phi) is 4.52. The molecule has 0 aromatic heterocycles. The predicted molar refractivity (Wildman–Crippen MR) is 68.9 cm³/mol. The summed E-state index contributed by atoms with van der Waals surface area (Å²) in [6.07, 6.45) is 0.534. The standard InChI is InChI=1S/C13H20N2O2/c1-10-4-6-11(7-5-10)15-13(2,12(14)16)8-9-17-3/h4-7,15H,8-9H2,1-3H3,(H2,14,16). The van der Waals surface area contributed by atoms with Crippen molar-refractivity contribution >= 4 is 11.6 Å². The second-order valence-electron chi connectivity index (χ2n) is 4.43. The Morgan fingerprint density at radius 2 is 2.00 bits per heavy atom. The molecule has 17 heavy (non-hydrogen) atoms. The molecule has 0 saturated carbocycles. The van der Waals surface area contributed by atoms with Crippen LogP contribution in [0.2, 0.25) is 0 Å². The third kappa shape index (κ3) is 3.75. The normalized spacial score (nSPS) is 14.1. The highest BCUT2D eigenvalue weighted by atomic mass is 16.5. The Labute approximate surface area is 102 Å². The molecule has 3 N–H and O–H groups in total. The molecule has 0 heterocycles. The van der Waals surface area contributed by atoms with Crippen LogP contribution in [0, 0.1) is 6.92 Å². The maximum atomic E-state index is 11.5. The number of primary amides is 1. The van der Waals surface area contributed by atoms with Gasteiger partial charge in [-0.3, -0.25) is 4.79 Å². The molecule has 1 amide bonds. The molecule has 0 bridgehead atoms. The Bertz CT molecular complexity index is 376. The number of carbonyl (C=O) groups excluding carboxylic acids is 1. The Morgan fingerprint density at radius 3 is 2.47 bits per heavy atom. The first-order valence-corrected chi connectivity index (χ1v) is 5.61. The van der Waals surface area contributed by atoms with Crippen molar-refractivity contribution in [3.8, 4) is 0 Å². The first-order valence-electron chi connectivity index (χ1n) is 5.61. The number of nitrogens with one attached hydrogen (secondary N) is 1. The van der Waals surface area contributed by atoms with Crippen LogP contribution >= 0.6 is 0 Å². The minimum atomic E-state index is -0.786. The number of hydrogen-bond donors (Lipinski definition) is 2. The highest BCUT2D eigenvalue weighted by Gasteiger charge is 2.30. The number of benzene rings is 1. The number of nitrogens with two attached hydrogens (primary N) is 1. The van der Waals surface area contributed by atoms with Crippen molar-refractivity contribution in [2.75, 3.05) is 19.0 Å². The SMILES string of the molecule is COCCC(C)(Nc1ccc(C)cc1)C(N)=O. The van der Waals surface area contributed by atoms with Gasteiger partial charge in [0.25, 0.3) is 0 Å². The summed E-state index contributed by atoms with van der Waals surface area (Å²) in [6, 6.07) is 7.84. The second kappa shape index (κ2) is 5.68. The van der Waals surface area contributed by atoms with Gasteiger partial charge >= 0.3 is 0 Å². The van der Waals surface area contributed by atoms with Crippen LogP contribution in [-0.4, -0.2) is 25.2 Å². The van der Waals surface area contributed by atoms with Crippen LogP contribution < -0.4 is 11.1 Å². The largest absolute Gasteiger partial charge is 0.385 e. The highest BCUT2D eigenvalue weighted by molar-refractivity contribution is 5.87. The van der Waals surface area contributed by atoms with Crippen molar-refractivity contribution in [2.45, 2.75) is 25.8 Å². The molecule has 4 nitrogen and oxygen atoms in total. The van der Waals surface area contributed by atoms with E-state index < -0.39 is 5.54 Å². The zero-order valence-electron chi connectivity index (χ0n) is 10.6. The summed E-state index contributed by atoms with van der Waals surface area (Å²) >= 11 is 0. The van der Waals surface area contributed by atoms with E-state index in [0.717, 1.165) is 5.69 Å². The van der Waals surface area contributed by atoms with E-state index >= 15 is 0 Å². The fraction of sp³-hybridized carbons (Fsp3) is 0.462. The van der Waals surface area contributed by atoms with Gasteiger partial charge in [0, 0.05) is 25.8 Å². The minimum Gasteiger partial charge on any atom is -0.385 e. The van der Waals surface area contributed by atoms with Crippen LogP contribution in [-0.2, 0) is 9.53 Å². The van der Waals surface area contributed by atoms with Gasteiger partial charge in [-0.25, -0.2) is 0 Å². The highest BCUT2D eigenvalue weighted by Crippen LogP contribution is 2.19. The molecule has 4 heteroatoms. The zero-order valence-corrected chi connectivity index (χ0v) is 10.6. The molecule has 0 fully saturated rings. The number of methoxy groups -OCH3 is 1. The Balaban J connectivity index is 2.79. The topological polar surface area (TPSA) is 64.3 Å². The number of rotatable bonds is 6. The quantitative estimate of drug-likeness (QED) is 0.790. The van der Waals surface area contributed by atoms with Crippen molar-refractivity contribution < 1.29 is 9.53 Å². The van der Waals surface area contributed by atoms with E-state index in [9.17, 15) is 4.79 Å². The lowest BCUT2D eigenvalue weighted by molar-refractivity contribution is -0.122. The molecular weight excluding hydrogens is 216 g/mol. The fourth-order valence-electron chi connectivity index (χ4n) is 1.51. The molecule has 0 aliphatic carbocycles. The number of amides is 1. The van der Waals surface area contributed by atoms with Crippen molar-refractivity contribution in [3.63, 3.8) is 0 Å². The van der Waals surface area contributed by atoms with Gasteiger partial charge < -0.3 is 15.8 Å². The van der Waals surface area contributed by atoms with Gasteiger partial charge in [-0.15, -0.1) is 0 Å². The molecule has 0 spiro atoms. The maximum Gasteiger partial charge on any atom is 0.242 e. The summed E-state index contributed by atoms with van der Waals surface area (Å²) < 4.78 is 5.00. The molecule has 1 aromatic rings. The minimum absolute atomic E-state index is 0.380. The lowest BCUT2D eigenvalue weighted by atomic mass is 9.96. The molecule has 1 unspecified atom stereocenters. The van der Waals surface area contributed by atoms with E-state index in [4.69, 9.17) is 10.5 Å². The van der Waals surface area contributed by atoms with Gasteiger partial charge in [0.2, 0.25) is 5.91 Å². The summed E-state index contributed by atoms with van der Waals surface area (Å²) in [5, 5.41) is 3.16. The molecular formula is C13H20N2O2. The van der Waals surface area contributed by atoms with Crippen molar-refractivity contribution in [1.82, 2.24) is 0 Å². The number of ether oxygens (including phenoxy) is 1. The first kappa shape index (κ1) is 13.5. The van der Waals surface area contributed by atoms with Crippen LogP contribution in [0.5, 0.6) is 0 Å². The number of aryl methyl sites for hydroxylation is 1. The lowest BCUT2D eigenvalue weighted by Gasteiger charge is -2.28. The van der Waals surface area contributed by atoms with Gasteiger partial charge in [0.05, 0.1) is 0 Å². The van der Waals surface area contributed by atoms with Gasteiger partial charge in [-0.1, -0.05) is 17.7 Å². The summed E-state index contributed by atoms with van der Waals surface area (Å²) in [5.41, 5.74) is 6.70. The van der Waals surface area contributed by atoms with Crippen LogP contribution in [0.4, 0.5) is 5.69 Å². The Hall–Kier alpha value is -1.55. The monoisotopic (exact) mass is 236 g/mol. The van der Waals surface area contributed by atoms with E-state index in [1.165, 1.54) is 5.56 Å². The molecule has 0 aliphatic heterocycles. The van der Waals surface area contributed by atoms with E-state index in [1.54, 1.807) is 14.0 Å². The third-order valence-corrected chi connectivity index (χ3v) is 2.82. The summed E-state index contributed by atoms with van der Waals surface area (Å²) in [5.74, 6) is -0.380. The van der Waals surface area contributed by atoms with Crippen molar-refractivity contribution in [3.05, 3.63) is 29.8 Å². The van der Waals surface area contributed by atoms with Crippen LogP contribution in [0.15, 0.2) is 24.3 Å². The summed E-state index contributed by atoms with van der Waals surface area (Å²) in [7, 11) is 1.60. The molecule has 0 radical (unpaired) electrons. The average molecular weight is 236 g/mol. The van der Waals surface area contributed by atoms with Gasteiger partial charge in [-0.05, 0) is 26.0 Å². The zero-order chi connectivity index (χ0) is 12.9. The van der Waals surface area contributed by atoms with Crippen LogP contribution in [0.25, 0.3) is 0 Å². The van der Waals surface area contributed by atoms with Crippen molar-refractivity contribution in [2.24, 2.45) is 5.73 Å². The Morgan fingerprint density at radius 1 is 1.41 bits per heavy atom. The number of hydrogen-bond acceptors (Lipinski definition) is 3. The molecule has 94 valence electrons.